The maximum atomic E-state index is 14.0. The van der Waals surface area contributed by atoms with E-state index in [1.54, 1.807) is 12.1 Å². The van der Waals surface area contributed by atoms with Crippen molar-refractivity contribution in [2.45, 2.75) is 12.1 Å². The fourth-order valence-corrected chi connectivity index (χ4v) is 2.57. The summed E-state index contributed by atoms with van der Waals surface area (Å²) in [6, 6.07) is 16.6. The van der Waals surface area contributed by atoms with Crippen LogP contribution in [0.1, 0.15) is 5.56 Å². The molecule has 0 radical (unpaired) electrons. The van der Waals surface area contributed by atoms with E-state index >= 15 is 0 Å². The molecule has 0 unspecified atom stereocenters. The normalized spacial score (nSPS) is 10.7. The molecule has 1 heterocycles. The Bertz CT molecular complexity index is 800. The fraction of sp³-hybridized carbons (Fsp3) is 0.111. The van der Waals surface area contributed by atoms with Crippen molar-refractivity contribution in [3.05, 3.63) is 66.0 Å². The number of aryl methyl sites for hydroxylation is 1. The molecule has 0 atom stereocenters. The monoisotopic (exact) mass is 310 g/mol. The minimum absolute atomic E-state index is 0.275. The summed E-state index contributed by atoms with van der Waals surface area (Å²) in [5.74, 6) is -0.275. The Labute approximate surface area is 133 Å². The summed E-state index contributed by atoms with van der Waals surface area (Å²) in [6.45, 7) is 2.04. The summed E-state index contributed by atoms with van der Waals surface area (Å²) < 4.78 is 14.0. The zero-order valence-electron chi connectivity index (χ0n) is 12.4. The molecule has 0 aliphatic heterocycles. The summed E-state index contributed by atoms with van der Waals surface area (Å²) in [7, 11) is 0. The highest BCUT2D eigenvalue weighted by atomic mass is 32.2. The van der Waals surface area contributed by atoms with Crippen molar-refractivity contribution in [3.63, 3.8) is 0 Å². The van der Waals surface area contributed by atoms with Gasteiger partial charge in [0.05, 0.1) is 11.4 Å². The molecule has 0 saturated heterocycles. The molecule has 1 aromatic heterocycles. The molecule has 0 amide bonds. The van der Waals surface area contributed by atoms with E-state index in [9.17, 15) is 4.39 Å². The van der Waals surface area contributed by atoms with E-state index in [1.807, 2.05) is 49.6 Å². The number of nitrogens with zero attached hydrogens (tertiary/aromatic N) is 2. The Balaban J connectivity index is 2.15. The quantitative estimate of drug-likeness (QED) is 0.504. The lowest BCUT2D eigenvalue weighted by molar-refractivity contribution is 0.630. The van der Waals surface area contributed by atoms with Crippen LogP contribution in [0.2, 0.25) is 0 Å². The van der Waals surface area contributed by atoms with Gasteiger partial charge in [-0.25, -0.2) is 14.4 Å². The second kappa shape index (κ2) is 6.28. The molecule has 22 heavy (non-hydrogen) atoms. The van der Waals surface area contributed by atoms with Crippen molar-refractivity contribution < 1.29 is 4.39 Å². The van der Waals surface area contributed by atoms with Crippen LogP contribution in [0.5, 0.6) is 0 Å². The Morgan fingerprint density at radius 1 is 0.909 bits per heavy atom. The highest BCUT2D eigenvalue weighted by Gasteiger charge is 2.11. The van der Waals surface area contributed by atoms with Crippen LogP contribution in [0.15, 0.2) is 59.8 Å². The van der Waals surface area contributed by atoms with Crippen LogP contribution in [-0.2, 0) is 0 Å². The summed E-state index contributed by atoms with van der Waals surface area (Å²) in [6.07, 6.45) is 1.92. The minimum Gasteiger partial charge on any atom is -0.222 e. The number of hydrogen-bond donors (Lipinski definition) is 0. The van der Waals surface area contributed by atoms with Gasteiger partial charge in [0.1, 0.15) is 5.82 Å². The number of hydrogen-bond acceptors (Lipinski definition) is 3. The summed E-state index contributed by atoms with van der Waals surface area (Å²) in [5, 5.41) is 0.635. The Morgan fingerprint density at radius 2 is 1.59 bits per heavy atom. The van der Waals surface area contributed by atoms with Crippen LogP contribution in [-0.4, -0.2) is 16.2 Å². The van der Waals surface area contributed by atoms with Crippen LogP contribution in [0.25, 0.3) is 22.5 Å². The summed E-state index contributed by atoms with van der Waals surface area (Å²) in [4.78, 5) is 8.97. The van der Waals surface area contributed by atoms with Crippen molar-refractivity contribution in [2.75, 3.05) is 6.26 Å². The van der Waals surface area contributed by atoms with Gasteiger partial charge in [-0.2, -0.15) is 0 Å². The van der Waals surface area contributed by atoms with E-state index in [0.717, 1.165) is 11.3 Å². The molecule has 0 aliphatic carbocycles. The second-order valence-corrected chi connectivity index (χ2v) is 5.74. The molecule has 0 fully saturated rings. The lowest BCUT2D eigenvalue weighted by Crippen LogP contribution is -1.95. The van der Waals surface area contributed by atoms with E-state index < -0.39 is 0 Å². The smallest absolute Gasteiger partial charge is 0.188 e. The van der Waals surface area contributed by atoms with Crippen molar-refractivity contribution in [1.29, 1.82) is 0 Å². The van der Waals surface area contributed by atoms with Gasteiger partial charge in [-0.1, -0.05) is 53.7 Å². The van der Waals surface area contributed by atoms with Gasteiger partial charge < -0.3 is 0 Å². The fourth-order valence-electron chi connectivity index (χ4n) is 2.20. The van der Waals surface area contributed by atoms with Gasteiger partial charge in [0.15, 0.2) is 5.16 Å². The van der Waals surface area contributed by atoms with Crippen LogP contribution in [0.3, 0.4) is 0 Å². The van der Waals surface area contributed by atoms with Gasteiger partial charge in [-0.15, -0.1) is 0 Å². The van der Waals surface area contributed by atoms with Crippen LogP contribution < -0.4 is 0 Å². The highest BCUT2D eigenvalue weighted by Crippen LogP contribution is 2.27. The number of thioether (sulfide) groups is 1. The van der Waals surface area contributed by atoms with Crippen LogP contribution >= 0.6 is 11.8 Å². The molecular weight excluding hydrogens is 295 g/mol. The topological polar surface area (TPSA) is 25.8 Å². The molecule has 2 aromatic carbocycles. The van der Waals surface area contributed by atoms with Crippen molar-refractivity contribution in [1.82, 2.24) is 9.97 Å². The molecule has 0 saturated carbocycles. The number of halogens is 1. The largest absolute Gasteiger partial charge is 0.222 e. The summed E-state index contributed by atoms with van der Waals surface area (Å²) in [5.41, 5.74) is 4.09. The number of rotatable bonds is 3. The molecule has 0 bridgehead atoms. The van der Waals surface area contributed by atoms with Gasteiger partial charge in [-0.3, -0.25) is 0 Å². The Hall–Kier alpha value is -2.20. The maximum Gasteiger partial charge on any atom is 0.188 e. The van der Waals surface area contributed by atoms with Crippen molar-refractivity contribution in [3.8, 4) is 22.5 Å². The average molecular weight is 310 g/mol. The van der Waals surface area contributed by atoms with Gasteiger partial charge in [0.2, 0.25) is 0 Å². The van der Waals surface area contributed by atoms with E-state index in [0.29, 0.717) is 16.4 Å². The van der Waals surface area contributed by atoms with Gasteiger partial charge in [-0.05, 0) is 31.4 Å². The first-order chi connectivity index (χ1) is 10.7. The summed E-state index contributed by atoms with van der Waals surface area (Å²) >= 11 is 1.45. The molecular formula is C18H15FN2S. The third kappa shape index (κ3) is 3.02. The SMILES string of the molecule is CSc1nc(-c2ccc(C)cc2)cc(-c2ccccc2F)n1. The van der Waals surface area contributed by atoms with E-state index in [2.05, 4.69) is 9.97 Å². The molecule has 3 rings (SSSR count). The van der Waals surface area contributed by atoms with Crippen molar-refractivity contribution >= 4 is 11.8 Å². The zero-order chi connectivity index (χ0) is 15.5. The van der Waals surface area contributed by atoms with Crippen LogP contribution in [0.4, 0.5) is 4.39 Å². The molecule has 3 aromatic rings. The third-order valence-corrected chi connectivity index (χ3v) is 3.93. The maximum absolute atomic E-state index is 14.0. The standard InChI is InChI=1S/C18H15FN2S/c1-12-7-9-13(10-8-12)16-11-17(21-18(20-16)22-2)14-5-3-4-6-15(14)19/h3-11H,1-2H3. The third-order valence-electron chi connectivity index (χ3n) is 3.39. The van der Waals surface area contributed by atoms with Crippen molar-refractivity contribution in [2.24, 2.45) is 0 Å². The number of aromatic nitrogens is 2. The van der Waals surface area contributed by atoms with Gasteiger partial charge in [0, 0.05) is 11.1 Å². The van der Waals surface area contributed by atoms with E-state index in [4.69, 9.17) is 0 Å². The highest BCUT2D eigenvalue weighted by molar-refractivity contribution is 7.98. The van der Waals surface area contributed by atoms with Gasteiger partial charge in [0.25, 0.3) is 0 Å². The molecule has 110 valence electrons. The molecule has 4 heteroatoms. The second-order valence-electron chi connectivity index (χ2n) is 4.97. The predicted molar refractivity (Wildman–Crippen MR) is 89.4 cm³/mol. The van der Waals surface area contributed by atoms with E-state index in [-0.39, 0.29) is 5.82 Å². The molecule has 0 aliphatic rings. The first-order valence-corrected chi connectivity index (χ1v) is 8.15. The van der Waals surface area contributed by atoms with Crippen LogP contribution in [0, 0.1) is 12.7 Å². The average Bonchev–Trinajstić information content (AvgIpc) is 2.55. The predicted octanol–water partition coefficient (Wildman–Crippen LogP) is 4.98. The lowest BCUT2D eigenvalue weighted by atomic mass is 10.1. The molecule has 0 N–H and O–H groups in total. The molecule has 2 nitrogen and oxygen atoms in total. The van der Waals surface area contributed by atoms with E-state index in [1.165, 1.54) is 23.4 Å². The first-order valence-electron chi connectivity index (χ1n) is 6.92. The zero-order valence-corrected chi connectivity index (χ0v) is 13.2. The number of benzene rings is 2. The Kier molecular flexibility index (Phi) is 4.20. The lowest BCUT2D eigenvalue weighted by Gasteiger charge is -2.08. The Morgan fingerprint density at radius 3 is 2.27 bits per heavy atom. The first kappa shape index (κ1) is 14.7. The minimum atomic E-state index is -0.275. The van der Waals surface area contributed by atoms with Gasteiger partial charge >= 0.3 is 0 Å². The molecule has 0 spiro atoms.